The molecule has 1 heterocycles. The number of rotatable bonds is 3. The number of benzene rings is 1. The van der Waals surface area contributed by atoms with Gasteiger partial charge in [-0.25, -0.2) is 15.2 Å². The van der Waals surface area contributed by atoms with Crippen LogP contribution in [0.4, 0.5) is 15.9 Å². The quantitative estimate of drug-likeness (QED) is 0.581. The average Bonchev–Trinajstić information content (AvgIpc) is 2.47. The number of hydrazine groups is 1. The largest absolute Gasteiger partial charge is 0.319 e. The number of hydrogen-bond donors (Lipinski definition) is 3. The highest BCUT2D eigenvalue weighted by Gasteiger charge is 2.13. The van der Waals surface area contributed by atoms with Gasteiger partial charge in [0.25, 0.3) is 5.91 Å². The Hall–Kier alpha value is -2.98. The molecule has 4 N–H and O–H groups in total. The minimum absolute atomic E-state index is 0.0883. The number of hydrogen-bond acceptors (Lipinski definition) is 5. The number of carbonyl (C=O) groups is 1. The number of nitrogens with two attached hydrogens (primary N) is 1. The molecule has 0 aliphatic carbocycles. The maximum atomic E-state index is 13.4. The Morgan fingerprint density at radius 3 is 2.75 bits per heavy atom. The van der Waals surface area contributed by atoms with Crippen LogP contribution in [0.25, 0.3) is 0 Å². The first-order valence-corrected chi connectivity index (χ1v) is 5.59. The van der Waals surface area contributed by atoms with E-state index in [1.807, 2.05) is 0 Å². The van der Waals surface area contributed by atoms with Crippen LogP contribution in [0.15, 0.2) is 36.4 Å². The number of aromatic nitrogens is 1. The summed E-state index contributed by atoms with van der Waals surface area (Å²) in [6, 6.07) is 10.3. The molecule has 0 atom stereocenters. The highest BCUT2D eigenvalue weighted by atomic mass is 19.1. The second-order valence-corrected chi connectivity index (χ2v) is 3.78. The predicted octanol–water partition coefficient (Wildman–Crippen LogP) is 1.63. The summed E-state index contributed by atoms with van der Waals surface area (Å²) in [4.78, 5) is 15.9. The molecule has 0 unspecified atom stereocenters. The van der Waals surface area contributed by atoms with Gasteiger partial charge in [-0.3, -0.25) is 4.79 Å². The van der Waals surface area contributed by atoms with E-state index in [4.69, 9.17) is 11.1 Å². The van der Waals surface area contributed by atoms with Gasteiger partial charge in [-0.15, -0.1) is 0 Å². The first kappa shape index (κ1) is 13.5. The molecule has 100 valence electrons. The van der Waals surface area contributed by atoms with Crippen LogP contribution in [-0.4, -0.2) is 10.9 Å². The smallest absolute Gasteiger partial charge is 0.274 e. The van der Waals surface area contributed by atoms with E-state index in [-0.39, 0.29) is 16.9 Å². The van der Waals surface area contributed by atoms with Gasteiger partial charge in [0.15, 0.2) is 0 Å². The Balaban J connectivity index is 2.28. The summed E-state index contributed by atoms with van der Waals surface area (Å²) in [5, 5.41) is 11.3. The van der Waals surface area contributed by atoms with E-state index in [9.17, 15) is 9.18 Å². The number of nitriles is 1. The van der Waals surface area contributed by atoms with Gasteiger partial charge in [-0.2, -0.15) is 5.26 Å². The molecule has 0 saturated heterocycles. The number of nitrogens with zero attached hydrogens (tertiary/aromatic N) is 2. The van der Waals surface area contributed by atoms with Gasteiger partial charge in [0, 0.05) is 0 Å². The number of nitrogens with one attached hydrogen (secondary N) is 2. The molecule has 0 radical (unpaired) electrons. The second kappa shape index (κ2) is 5.77. The van der Waals surface area contributed by atoms with E-state index in [2.05, 4.69) is 15.7 Å². The zero-order valence-electron chi connectivity index (χ0n) is 10.2. The molecule has 0 fully saturated rings. The van der Waals surface area contributed by atoms with Crippen LogP contribution < -0.4 is 16.6 Å². The molecule has 2 aromatic rings. The topological polar surface area (TPSA) is 104 Å². The van der Waals surface area contributed by atoms with Gasteiger partial charge in [0.1, 0.15) is 29.0 Å². The van der Waals surface area contributed by atoms with Crippen molar-refractivity contribution in [1.82, 2.24) is 4.98 Å². The third-order valence-electron chi connectivity index (χ3n) is 2.50. The highest BCUT2D eigenvalue weighted by molar-refractivity contribution is 6.03. The standard InChI is InChI=1S/C13H10FN5O/c14-9-3-1-4-10(8(9)7-15)18-13(20)11-5-2-6-12(17-11)19-16/h1-6H,16H2,(H,17,19)(H,18,20). The van der Waals surface area contributed by atoms with E-state index in [1.54, 1.807) is 18.2 Å². The van der Waals surface area contributed by atoms with Gasteiger partial charge < -0.3 is 10.7 Å². The zero-order chi connectivity index (χ0) is 14.5. The minimum Gasteiger partial charge on any atom is -0.319 e. The second-order valence-electron chi connectivity index (χ2n) is 3.78. The molecule has 1 aromatic heterocycles. The summed E-state index contributed by atoms with van der Waals surface area (Å²) in [5.41, 5.74) is 2.27. The third-order valence-corrected chi connectivity index (χ3v) is 2.50. The minimum atomic E-state index is -0.698. The molecule has 1 amide bonds. The number of carbonyl (C=O) groups excluding carboxylic acids is 1. The highest BCUT2D eigenvalue weighted by Crippen LogP contribution is 2.18. The van der Waals surface area contributed by atoms with Crippen molar-refractivity contribution in [3.63, 3.8) is 0 Å². The number of anilines is 2. The molecule has 7 heteroatoms. The Morgan fingerprint density at radius 1 is 1.30 bits per heavy atom. The fourth-order valence-corrected chi connectivity index (χ4v) is 1.57. The van der Waals surface area contributed by atoms with Crippen LogP contribution in [-0.2, 0) is 0 Å². The van der Waals surface area contributed by atoms with Crippen molar-refractivity contribution in [2.24, 2.45) is 5.84 Å². The molecule has 6 nitrogen and oxygen atoms in total. The van der Waals surface area contributed by atoms with E-state index in [0.717, 1.165) is 6.07 Å². The van der Waals surface area contributed by atoms with E-state index >= 15 is 0 Å². The Bertz CT molecular complexity index is 695. The van der Waals surface area contributed by atoms with Crippen molar-refractivity contribution in [3.05, 3.63) is 53.5 Å². The maximum absolute atomic E-state index is 13.4. The maximum Gasteiger partial charge on any atom is 0.274 e. The summed E-state index contributed by atoms with van der Waals surface area (Å²) in [6.45, 7) is 0. The third kappa shape index (κ3) is 2.71. The Labute approximate surface area is 114 Å². The molecular weight excluding hydrogens is 261 g/mol. The predicted molar refractivity (Wildman–Crippen MR) is 71.1 cm³/mol. The lowest BCUT2D eigenvalue weighted by molar-refractivity contribution is 0.102. The normalized spacial score (nSPS) is 9.65. The average molecular weight is 271 g/mol. The van der Waals surface area contributed by atoms with Gasteiger partial charge in [0.05, 0.1) is 5.69 Å². The van der Waals surface area contributed by atoms with Crippen LogP contribution in [0.3, 0.4) is 0 Å². The molecule has 0 saturated carbocycles. The number of pyridine rings is 1. The molecule has 20 heavy (non-hydrogen) atoms. The monoisotopic (exact) mass is 271 g/mol. The Kier molecular flexibility index (Phi) is 3.88. The molecular formula is C13H10FN5O. The first-order valence-electron chi connectivity index (χ1n) is 5.59. The molecule has 0 aliphatic heterocycles. The SMILES string of the molecule is N#Cc1c(F)cccc1NC(=O)c1cccc(NN)n1. The first-order chi connectivity index (χ1) is 9.65. The number of nitrogen functional groups attached to an aromatic ring is 1. The van der Waals surface area contributed by atoms with E-state index in [1.165, 1.54) is 18.2 Å². The fourth-order valence-electron chi connectivity index (χ4n) is 1.57. The zero-order valence-corrected chi connectivity index (χ0v) is 10.2. The number of amides is 1. The molecule has 1 aromatic carbocycles. The van der Waals surface area contributed by atoms with Crippen LogP contribution in [0, 0.1) is 17.1 Å². The van der Waals surface area contributed by atoms with Gasteiger partial charge in [0.2, 0.25) is 0 Å². The lowest BCUT2D eigenvalue weighted by Crippen LogP contribution is -2.16. The summed E-state index contributed by atoms with van der Waals surface area (Å²) in [6.07, 6.45) is 0. The van der Waals surface area contributed by atoms with Crippen molar-refractivity contribution in [2.75, 3.05) is 10.7 Å². The van der Waals surface area contributed by atoms with Crippen molar-refractivity contribution in [2.45, 2.75) is 0 Å². The van der Waals surface area contributed by atoms with Crippen molar-refractivity contribution in [3.8, 4) is 6.07 Å². The number of halogens is 1. The lowest BCUT2D eigenvalue weighted by Gasteiger charge is -2.07. The molecule has 2 rings (SSSR count). The van der Waals surface area contributed by atoms with Crippen LogP contribution >= 0.6 is 0 Å². The van der Waals surface area contributed by atoms with Crippen LogP contribution in [0.2, 0.25) is 0 Å². The molecule has 0 spiro atoms. The van der Waals surface area contributed by atoms with Crippen LogP contribution in [0.1, 0.15) is 16.1 Å². The van der Waals surface area contributed by atoms with E-state index < -0.39 is 11.7 Å². The fraction of sp³-hybridized carbons (Fsp3) is 0. The van der Waals surface area contributed by atoms with Gasteiger partial charge in [-0.05, 0) is 24.3 Å². The summed E-state index contributed by atoms with van der Waals surface area (Å²) >= 11 is 0. The van der Waals surface area contributed by atoms with Crippen molar-refractivity contribution in [1.29, 1.82) is 5.26 Å². The summed E-state index contributed by atoms with van der Waals surface area (Å²) in [5.74, 6) is 4.25. The lowest BCUT2D eigenvalue weighted by atomic mass is 10.2. The van der Waals surface area contributed by atoms with Crippen LogP contribution in [0.5, 0.6) is 0 Å². The van der Waals surface area contributed by atoms with E-state index in [0.29, 0.717) is 5.82 Å². The van der Waals surface area contributed by atoms with Gasteiger partial charge >= 0.3 is 0 Å². The summed E-state index contributed by atoms with van der Waals surface area (Å²) < 4.78 is 13.4. The van der Waals surface area contributed by atoms with Crippen molar-refractivity contribution >= 4 is 17.4 Å². The molecule has 0 aliphatic rings. The van der Waals surface area contributed by atoms with Crippen molar-refractivity contribution < 1.29 is 9.18 Å². The molecule has 0 bridgehead atoms. The Morgan fingerprint density at radius 2 is 2.05 bits per heavy atom. The summed E-state index contributed by atoms with van der Waals surface area (Å²) in [7, 11) is 0. The van der Waals surface area contributed by atoms with Gasteiger partial charge in [-0.1, -0.05) is 12.1 Å².